The minimum Gasteiger partial charge on any atom is -0.505 e. The van der Waals surface area contributed by atoms with Gasteiger partial charge in [0.1, 0.15) is 16.5 Å². The van der Waals surface area contributed by atoms with E-state index in [1.54, 1.807) is 0 Å². The number of phenols is 1. The number of rotatable bonds is 4. The number of nitrogens with one attached hydrogen (secondary N) is 1. The van der Waals surface area contributed by atoms with Crippen LogP contribution < -0.4 is 11.1 Å². The van der Waals surface area contributed by atoms with Crippen molar-refractivity contribution >= 4 is 28.6 Å². The Morgan fingerprint density at radius 1 is 1.55 bits per heavy atom. The molecule has 2 aromatic rings. The van der Waals surface area contributed by atoms with Crippen LogP contribution in [0.2, 0.25) is 0 Å². The molecular weight excluding hydrogens is 284 g/mol. The number of nitro benzene ring substituents is 1. The van der Waals surface area contributed by atoms with E-state index < -0.39 is 16.5 Å². The Hall–Kier alpha value is -2.52. The Morgan fingerprint density at radius 2 is 2.30 bits per heavy atom. The molecule has 1 heterocycles. The van der Waals surface area contributed by atoms with Crippen molar-refractivity contribution in [1.29, 1.82) is 0 Å². The van der Waals surface area contributed by atoms with Gasteiger partial charge in [0.05, 0.1) is 4.92 Å². The number of carbonyl (C=O) groups excluding carboxylic acids is 1. The van der Waals surface area contributed by atoms with Crippen LogP contribution >= 0.6 is 11.3 Å². The summed E-state index contributed by atoms with van der Waals surface area (Å²) in [7, 11) is 0. The lowest BCUT2D eigenvalue weighted by atomic mass is 10.2. The molecule has 1 amide bonds. The SMILES string of the molecule is NCc1nc(C(=O)Nc2c(O)cccc2[N+](=O)[O-])cs1. The van der Waals surface area contributed by atoms with Crippen LogP contribution in [0, 0.1) is 10.1 Å². The van der Waals surface area contributed by atoms with Gasteiger partial charge in [0.2, 0.25) is 0 Å². The number of anilines is 1. The topological polar surface area (TPSA) is 131 Å². The number of nitrogens with two attached hydrogens (primary N) is 1. The standard InChI is InChI=1S/C11H10N4O4S/c12-4-9-13-6(5-20-9)11(17)14-10-7(15(18)19)2-1-3-8(10)16/h1-3,5,16H,4,12H2,(H,14,17). The number of aromatic nitrogens is 1. The largest absolute Gasteiger partial charge is 0.505 e. The van der Waals surface area contributed by atoms with E-state index in [9.17, 15) is 20.0 Å². The second kappa shape index (κ2) is 5.63. The summed E-state index contributed by atoms with van der Waals surface area (Å²) in [6.07, 6.45) is 0. The molecule has 0 aliphatic heterocycles. The van der Waals surface area contributed by atoms with E-state index in [-0.39, 0.29) is 23.7 Å². The Balaban J connectivity index is 2.30. The van der Waals surface area contributed by atoms with Gasteiger partial charge < -0.3 is 16.2 Å². The molecule has 0 saturated carbocycles. The molecule has 1 aromatic carbocycles. The fourth-order valence-electron chi connectivity index (χ4n) is 1.50. The van der Waals surface area contributed by atoms with Crippen molar-refractivity contribution in [3.63, 3.8) is 0 Å². The number of nitro groups is 1. The van der Waals surface area contributed by atoms with Gasteiger partial charge in [-0.25, -0.2) is 4.98 Å². The molecule has 0 aliphatic carbocycles. The zero-order valence-corrected chi connectivity index (χ0v) is 10.9. The van der Waals surface area contributed by atoms with Crippen molar-refractivity contribution in [3.8, 4) is 5.75 Å². The Labute approximate surface area is 117 Å². The van der Waals surface area contributed by atoms with E-state index in [2.05, 4.69) is 10.3 Å². The predicted molar refractivity (Wildman–Crippen MR) is 72.7 cm³/mol. The van der Waals surface area contributed by atoms with Crippen molar-refractivity contribution in [1.82, 2.24) is 4.98 Å². The molecule has 2 rings (SSSR count). The summed E-state index contributed by atoms with van der Waals surface area (Å²) < 4.78 is 0. The van der Waals surface area contributed by atoms with Crippen LogP contribution in [0.4, 0.5) is 11.4 Å². The first kappa shape index (κ1) is 13.9. The maximum absolute atomic E-state index is 11.9. The fraction of sp³-hybridized carbons (Fsp3) is 0.0909. The summed E-state index contributed by atoms with van der Waals surface area (Å²) in [5, 5.41) is 24.8. The van der Waals surface area contributed by atoms with Crippen LogP contribution in [0.5, 0.6) is 5.75 Å². The highest BCUT2D eigenvalue weighted by Crippen LogP contribution is 2.33. The molecule has 0 spiro atoms. The number of thiazole rings is 1. The molecule has 0 aliphatic rings. The highest BCUT2D eigenvalue weighted by atomic mass is 32.1. The number of para-hydroxylation sites is 1. The van der Waals surface area contributed by atoms with Gasteiger partial charge in [-0.1, -0.05) is 6.07 Å². The maximum Gasteiger partial charge on any atom is 0.296 e. The van der Waals surface area contributed by atoms with Gasteiger partial charge in [-0.05, 0) is 6.07 Å². The summed E-state index contributed by atoms with van der Waals surface area (Å²) >= 11 is 1.21. The Kier molecular flexibility index (Phi) is 3.91. The van der Waals surface area contributed by atoms with Crippen LogP contribution in [0.25, 0.3) is 0 Å². The second-order valence-corrected chi connectivity index (χ2v) is 4.66. The lowest BCUT2D eigenvalue weighted by Crippen LogP contribution is -2.14. The molecular formula is C11H10N4O4S. The molecule has 0 atom stereocenters. The first-order valence-corrected chi connectivity index (χ1v) is 6.33. The Bertz CT molecular complexity index is 670. The van der Waals surface area contributed by atoms with Crippen LogP contribution in [-0.4, -0.2) is 20.9 Å². The zero-order chi connectivity index (χ0) is 14.7. The van der Waals surface area contributed by atoms with Crippen molar-refractivity contribution in [2.45, 2.75) is 6.54 Å². The molecule has 0 fully saturated rings. The minimum atomic E-state index is -0.693. The first-order valence-electron chi connectivity index (χ1n) is 5.45. The lowest BCUT2D eigenvalue weighted by molar-refractivity contribution is -0.384. The number of benzene rings is 1. The van der Waals surface area contributed by atoms with E-state index in [1.165, 1.54) is 34.9 Å². The van der Waals surface area contributed by atoms with Crippen LogP contribution in [0.1, 0.15) is 15.5 Å². The third-order valence-corrected chi connectivity index (χ3v) is 3.29. The monoisotopic (exact) mass is 294 g/mol. The van der Waals surface area contributed by atoms with Gasteiger partial charge in [-0.15, -0.1) is 11.3 Å². The summed E-state index contributed by atoms with van der Waals surface area (Å²) in [5.74, 6) is -1.03. The zero-order valence-electron chi connectivity index (χ0n) is 10.1. The molecule has 0 bridgehead atoms. The molecule has 1 aromatic heterocycles. The number of aromatic hydroxyl groups is 1. The Morgan fingerprint density at radius 3 is 2.90 bits per heavy atom. The molecule has 0 radical (unpaired) electrons. The molecule has 104 valence electrons. The van der Waals surface area contributed by atoms with Gasteiger partial charge in [0, 0.05) is 18.0 Å². The molecule has 4 N–H and O–H groups in total. The molecule has 8 nitrogen and oxygen atoms in total. The minimum absolute atomic E-state index is 0.0907. The van der Waals surface area contributed by atoms with Gasteiger partial charge in [0.15, 0.2) is 5.69 Å². The summed E-state index contributed by atoms with van der Waals surface area (Å²) in [5.41, 5.74) is 4.83. The molecule has 0 unspecified atom stereocenters. The summed E-state index contributed by atoms with van der Waals surface area (Å²) in [6, 6.07) is 3.75. The van der Waals surface area contributed by atoms with E-state index in [1.807, 2.05) is 0 Å². The number of hydrogen-bond acceptors (Lipinski definition) is 7. The number of nitrogens with zero attached hydrogens (tertiary/aromatic N) is 2. The fourth-order valence-corrected chi connectivity index (χ4v) is 2.15. The first-order chi connectivity index (χ1) is 9.52. The van der Waals surface area contributed by atoms with Crippen LogP contribution in [0.15, 0.2) is 23.6 Å². The van der Waals surface area contributed by atoms with E-state index in [4.69, 9.17) is 5.73 Å². The van der Waals surface area contributed by atoms with Crippen molar-refractivity contribution in [2.75, 3.05) is 5.32 Å². The third kappa shape index (κ3) is 2.73. The molecule has 20 heavy (non-hydrogen) atoms. The van der Waals surface area contributed by atoms with Gasteiger partial charge in [-0.2, -0.15) is 0 Å². The second-order valence-electron chi connectivity index (χ2n) is 3.71. The number of hydrogen-bond donors (Lipinski definition) is 3. The third-order valence-electron chi connectivity index (χ3n) is 2.41. The number of phenolic OH excluding ortho intramolecular Hbond substituents is 1. The predicted octanol–water partition coefficient (Wildman–Crippen LogP) is 1.47. The van der Waals surface area contributed by atoms with Crippen molar-refractivity contribution < 1.29 is 14.8 Å². The van der Waals surface area contributed by atoms with Crippen molar-refractivity contribution in [3.05, 3.63) is 44.4 Å². The lowest BCUT2D eigenvalue weighted by Gasteiger charge is -2.06. The van der Waals surface area contributed by atoms with E-state index in [0.717, 1.165) is 0 Å². The van der Waals surface area contributed by atoms with Gasteiger partial charge in [-0.3, -0.25) is 14.9 Å². The highest BCUT2D eigenvalue weighted by molar-refractivity contribution is 7.09. The van der Waals surface area contributed by atoms with Crippen molar-refractivity contribution in [2.24, 2.45) is 5.73 Å². The number of carbonyl (C=O) groups is 1. The number of amides is 1. The van der Waals surface area contributed by atoms with E-state index >= 15 is 0 Å². The van der Waals surface area contributed by atoms with Gasteiger partial charge >= 0.3 is 0 Å². The molecule has 9 heteroatoms. The highest BCUT2D eigenvalue weighted by Gasteiger charge is 2.21. The average molecular weight is 294 g/mol. The normalized spacial score (nSPS) is 10.2. The average Bonchev–Trinajstić information content (AvgIpc) is 2.89. The summed E-state index contributed by atoms with van der Waals surface area (Å²) in [4.78, 5) is 26.1. The van der Waals surface area contributed by atoms with Crippen LogP contribution in [-0.2, 0) is 6.54 Å². The van der Waals surface area contributed by atoms with Gasteiger partial charge in [0.25, 0.3) is 11.6 Å². The maximum atomic E-state index is 11.9. The summed E-state index contributed by atoms with van der Waals surface area (Å²) in [6.45, 7) is 0.203. The molecule has 0 saturated heterocycles. The van der Waals surface area contributed by atoms with Crippen LogP contribution in [0.3, 0.4) is 0 Å². The quantitative estimate of drug-likeness (QED) is 0.444. The smallest absolute Gasteiger partial charge is 0.296 e. The van der Waals surface area contributed by atoms with E-state index in [0.29, 0.717) is 5.01 Å².